The van der Waals surface area contributed by atoms with E-state index in [2.05, 4.69) is 22.4 Å². The molecule has 1 aliphatic heterocycles. The van der Waals surface area contributed by atoms with Crippen molar-refractivity contribution in [2.45, 2.75) is 32.4 Å². The van der Waals surface area contributed by atoms with Gasteiger partial charge in [0.15, 0.2) is 0 Å². The number of carbonyl (C=O) groups excluding carboxylic acids is 1. The van der Waals surface area contributed by atoms with Crippen molar-refractivity contribution in [3.63, 3.8) is 0 Å². The number of aromatic nitrogens is 2. The van der Waals surface area contributed by atoms with E-state index in [4.69, 9.17) is 0 Å². The van der Waals surface area contributed by atoms with Gasteiger partial charge >= 0.3 is 0 Å². The molecule has 1 fully saturated rings. The Hall–Kier alpha value is -1.36. The van der Waals surface area contributed by atoms with Gasteiger partial charge in [0.05, 0.1) is 6.20 Å². The molecule has 2 rings (SSSR count). The molecule has 0 saturated carbocycles. The van der Waals surface area contributed by atoms with Crippen LogP contribution in [-0.2, 0) is 11.3 Å². The first-order valence-electron chi connectivity index (χ1n) is 6.13. The number of hydrogen-bond donors (Lipinski definition) is 2. The molecule has 1 aliphatic rings. The van der Waals surface area contributed by atoms with Crippen molar-refractivity contribution in [2.24, 2.45) is 5.92 Å². The van der Waals surface area contributed by atoms with Crippen LogP contribution >= 0.6 is 0 Å². The Morgan fingerprint density at radius 2 is 2.47 bits per heavy atom. The average molecular weight is 236 g/mol. The first-order chi connectivity index (χ1) is 8.16. The Morgan fingerprint density at radius 3 is 3.12 bits per heavy atom. The first-order valence-corrected chi connectivity index (χ1v) is 6.13. The average Bonchev–Trinajstić information content (AvgIpc) is 2.80. The van der Waals surface area contributed by atoms with Crippen molar-refractivity contribution in [3.05, 3.63) is 18.0 Å². The van der Waals surface area contributed by atoms with Crippen molar-refractivity contribution >= 4 is 5.91 Å². The fourth-order valence-electron chi connectivity index (χ4n) is 2.38. The maximum Gasteiger partial charge on any atom is 0.225 e. The minimum Gasteiger partial charge on any atom is -0.341 e. The molecule has 0 bridgehead atoms. The summed E-state index contributed by atoms with van der Waals surface area (Å²) in [6.07, 6.45) is 5.47. The topological polar surface area (TPSA) is 61.0 Å². The highest BCUT2D eigenvalue weighted by Gasteiger charge is 2.26. The number of piperidine rings is 1. The van der Waals surface area contributed by atoms with Gasteiger partial charge in [0.1, 0.15) is 0 Å². The summed E-state index contributed by atoms with van der Waals surface area (Å²) in [5, 5.41) is 10.0. The highest BCUT2D eigenvalue weighted by atomic mass is 16.2. The third-order valence-electron chi connectivity index (χ3n) is 3.32. The second-order valence-electron chi connectivity index (χ2n) is 4.88. The molecule has 94 valence electrons. The van der Waals surface area contributed by atoms with E-state index >= 15 is 0 Å². The van der Waals surface area contributed by atoms with E-state index < -0.39 is 0 Å². The summed E-state index contributed by atoms with van der Waals surface area (Å²) in [7, 11) is 1.86. The fourth-order valence-corrected chi connectivity index (χ4v) is 2.38. The van der Waals surface area contributed by atoms with Gasteiger partial charge in [-0.25, -0.2) is 0 Å². The summed E-state index contributed by atoms with van der Waals surface area (Å²) in [6.45, 7) is 3.71. The summed E-state index contributed by atoms with van der Waals surface area (Å²) >= 11 is 0. The number of rotatable bonds is 3. The minimum absolute atomic E-state index is 0.170. The van der Waals surface area contributed by atoms with E-state index in [1.165, 1.54) is 0 Å². The number of H-pyrrole nitrogens is 1. The number of amides is 1. The standard InChI is InChI=1S/C12H20N4O/c1-9-5-11(3-4-13-9)12(17)16(2)8-10-6-14-15-7-10/h6-7,9,11,13H,3-5,8H2,1-2H3,(H,14,15). The molecular formula is C12H20N4O. The largest absolute Gasteiger partial charge is 0.341 e. The predicted molar refractivity (Wildman–Crippen MR) is 65.3 cm³/mol. The van der Waals surface area contributed by atoms with Crippen LogP contribution in [0, 0.1) is 5.92 Å². The molecule has 1 amide bonds. The van der Waals surface area contributed by atoms with Crippen LogP contribution in [0.1, 0.15) is 25.3 Å². The molecule has 17 heavy (non-hydrogen) atoms. The third kappa shape index (κ3) is 3.06. The molecule has 2 unspecified atom stereocenters. The van der Waals surface area contributed by atoms with Gasteiger partial charge in [-0.3, -0.25) is 9.89 Å². The molecule has 1 aromatic rings. The molecule has 2 heterocycles. The van der Waals surface area contributed by atoms with Crippen LogP contribution in [0.4, 0.5) is 0 Å². The van der Waals surface area contributed by atoms with Crippen molar-refractivity contribution in [1.29, 1.82) is 0 Å². The molecule has 0 radical (unpaired) electrons. The lowest BCUT2D eigenvalue weighted by Crippen LogP contribution is -2.42. The van der Waals surface area contributed by atoms with E-state index in [0.29, 0.717) is 12.6 Å². The zero-order valence-corrected chi connectivity index (χ0v) is 10.4. The lowest BCUT2D eigenvalue weighted by Gasteiger charge is -2.30. The Kier molecular flexibility index (Phi) is 3.78. The fraction of sp³-hybridized carbons (Fsp3) is 0.667. The second kappa shape index (κ2) is 5.31. The van der Waals surface area contributed by atoms with E-state index in [1.54, 1.807) is 11.1 Å². The van der Waals surface area contributed by atoms with Gasteiger partial charge in [0.2, 0.25) is 5.91 Å². The zero-order valence-electron chi connectivity index (χ0n) is 10.4. The van der Waals surface area contributed by atoms with E-state index in [9.17, 15) is 4.79 Å². The Balaban J connectivity index is 1.90. The molecule has 2 atom stereocenters. The summed E-state index contributed by atoms with van der Waals surface area (Å²) in [5.74, 6) is 0.419. The highest BCUT2D eigenvalue weighted by Crippen LogP contribution is 2.19. The van der Waals surface area contributed by atoms with Crippen molar-refractivity contribution < 1.29 is 4.79 Å². The number of hydrogen-bond acceptors (Lipinski definition) is 3. The van der Waals surface area contributed by atoms with E-state index in [0.717, 1.165) is 24.9 Å². The maximum absolute atomic E-state index is 12.2. The summed E-state index contributed by atoms with van der Waals surface area (Å²) in [6, 6.07) is 0.444. The smallest absolute Gasteiger partial charge is 0.225 e. The molecule has 0 aromatic carbocycles. The van der Waals surface area contributed by atoms with Crippen LogP contribution in [0.3, 0.4) is 0 Å². The third-order valence-corrected chi connectivity index (χ3v) is 3.32. The normalized spacial score (nSPS) is 24.6. The number of nitrogens with zero attached hydrogens (tertiary/aromatic N) is 2. The molecule has 0 spiro atoms. The molecular weight excluding hydrogens is 216 g/mol. The first kappa shape index (κ1) is 12.1. The lowest BCUT2D eigenvalue weighted by molar-refractivity contribution is -0.135. The maximum atomic E-state index is 12.2. The molecule has 2 N–H and O–H groups in total. The van der Waals surface area contributed by atoms with Crippen LogP contribution in [0.5, 0.6) is 0 Å². The zero-order chi connectivity index (χ0) is 12.3. The van der Waals surface area contributed by atoms with Crippen LogP contribution in [0.2, 0.25) is 0 Å². The molecule has 5 nitrogen and oxygen atoms in total. The minimum atomic E-state index is 0.170. The van der Waals surface area contributed by atoms with Gasteiger partial charge in [0, 0.05) is 37.3 Å². The van der Waals surface area contributed by atoms with Crippen LogP contribution in [0.15, 0.2) is 12.4 Å². The van der Waals surface area contributed by atoms with E-state index in [1.807, 2.05) is 13.2 Å². The van der Waals surface area contributed by atoms with Crippen molar-refractivity contribution in [1.82, 2.24) is 20.4 Å². The lowest BCUT2D eigenvalue weighted by atomic mass is 9.92. The van der Waals surface area contributed by atoms with Gasteiger partial charge in [-0.15, -0.1) is 0 Å². The molecule has 0 aliphatic carbocycles. The van der Waals surface area contributed by atoms with Crippen molar-refractivity contribution in [2.75, 3.05) is 13.6 Å². The number of aromatic amines is 1. The van der Waals surface area contributed by atoms with Gasteiger partial charge in [0.25, 0.3) is 0 Å². The number of carbonyl (C=O) groups is 1. The van der Waals surface area contributed by atoms with Crippen molar-refractivity contribution in [3.8, 4) is 0 Å². The Bertz CT molecular complexity index is 363. The molecule has 5 heteroatoms. The molecule has 1 aromatic heterocycles. The van der Waals surface area contributed by atoms with Crippen LogP contribution in [-0.4, -0.2) is 40.6 Å². The molecule has 1 saturated heterocycles. The SMILES string of the molecule is CC1CC(C(=O)N(C)Cc2cn[nH]c2)CCN1. The summed E-state index contributed by atoms with van der Waals surface area (Å²) in [4.78, 5) is 14.0. The highest BCUT2D eigenvalue weighted by molar-refractivity contribution is 5.78. The second-order valence-corrected chi connectivity index (χ2v) is 4.88. The summed E-state index contributed by atoms with van der Waals surface area (Å²) < 4.78 is 0. The summed E-state index contributed by atoms with van der Waals surface area (Å²) in [5.41, 5.74) is 1.04. The van der Waals surface area contributed by atoms with Gasteiger partial charge in [-0.2, -0.15) is 5.10 Å². The monoisotopic (exact) mass is 236 g/mol. The van der Waals surface area contributed by atoms with Crippen LogP contribution in [0.25, 0.3) is 0 Å². The predicted octanol–water partition coefficient (Wildman–Crippen LogP) is 0.756. The van der Waals surface area contributed by atoms with E-state index in [-0.39, 0.29) is 11.8 Å². The van der Waals surface area contributed by atoms with Crippen LogP contribution < -0.4 is 5.32 Å². The van der Waals surface area contributed by atoms with Gasteiger partial charge in [-0.1, -0.05) is 0 Å². The number of nitrogens with one attached hydrogen (secondary N) is 2. The van der Waals surface area contributed by atoms with Gasteiger partial charge < -0.3 is 10.2 Å². The Labute approximate surface area is 102 Å². The van der Waals surface area contributed by atoms with Gasteiger partial charge in [-0.05, 0) is 26.3 Å². The Morgan fingerprint density at radius 1 is 1.65 bits per heavy atom. The quantitative estimate of drug-likeness (QED) is 0.814.